The van der Waals surface area contributed by atoms with Crippen molar-refractivity contribution in [1.29, 1.82) is 0 Å². The van der Waals surface area contributed by atoms with Gasteiger partial charge in [-0.3, -0.25) is 9.97 Å². The van der Waals surface area contributed by atoms with Crippen molar-refractivity contribution < 1.29 is 0 Å². The Hall–Kier alpha value is -10.2. The van der Waals surface area contributed by atoms with Crippen LogP contribution in [0.1, 0.15) is 0 Å². The molecule has 9 aromatic heterocycles. The third kappa shape index (κ3) is 5.14. The summed E-state index contributed by atoms with van der Waals surface area (Å²) in [5.74, 6) is 0. The second-order valence-electron chi connectivity index (χ2n) is 20.3. The number of hydrogen-bond acceptors (Lipinski definition) is 3. The van der Waals surface area contributed by atoms with Gasteiger partial charge in [0.2, 0.25) is 0 Å². The van der Waals surface area contributed by atoms with E-state index in [0.717, 1.165) is 94.2 Å². The van der Waals surface area contributed by atoms with Gasteiger partial charge < -0.3 is 13.2 Å². The standard InChI is InChI=1S/C69H38N6/c1-5-17-39(18-6-1)43-29-51-47-34-56(40-19-7-2-8-20-40)70-37-61(47)74-66(51)52(30-43)53-33-55-64-69-54(36-58(72-64)42-23-11-4-12-24-42)48-35-57(41-21-9-3-10-22-41)71-38-62(48)75(69)68(55)63(67(53)74)44-31-49-45-25-13-15-27-59(45)73-60-28-16-14-26-46(60)50(32-44)65(49)73/h1-38H. The number of aromatic nitrogens is 6. The summed E-state index contributed by atoms with van der Waals surface area (Å²) in [5.41, 5.74) is 22.0. The molecular formula is C69H38N6. The molecule has 0 bridgehead atoms. The summed E-state index contributed by atoms with van der Waals surface area (Å²) in [6, 6.07) is 79.5. The zero-order valence-electron chi connectivity index (χ0n) is 40.1. The van der Waals surface area contributed by atoms with Gasteiger partial charge in [0, 0.05) is 81.5 Å². The number of para-hydroxylation sites is 2. The quantitative estimate of drug-likeness (QED) is 0.173. The largest absolute Gasteiger partial charge is 0.308 e. The van der Waals surface area contributed by atoms with E-state index in [9.17, 15) is 0 Å². The molecule has 0 amide bonds. The van der Waals surface area contributed by atoms with Crippen molar-refractivity contribution in [2.45, 2.75) is 0 Å². The number of benzene rings is 9. The average molecular weight is 951 g/mol. The van der Waals surface area contributed by atoms with Crippen molar-refractivity contribution in [3.05, 3.63) is 231 Å². The van der Waals surface area contributed by atoms with E-state index in [1.807, 2.05) is 0 Å². The number of rotatable bonds is 5. The minimum Gasteiger partial charge on any atom is -0.308 e. The maximum atomic E-state index is 5.75. The second-order valence-corrected chi connectivity index (χ2v) is 20.3. The van der Waals surface area contributed by atoms with Gasteiger partial charge in [0.1, 0.15) is 0 Å². The van der Waals surface area contributed by atoms with Crippen LogP contribution in [0.5, 0.6) is 0 Å². The van der Waals surface area contributed by atoms with E-state index >= 15 is 0 Å². The first-order valence-corrected chi connectivity index (χ1v) is 25.7. The van der Waals surface area contributed by atoms with Crippen molar-refractivity contribution in [3.8, 4) is 56.0 Å². The maximum Gasteiger partial charge on any atom is 0.0977 e. The monoisotopic (exact) mass is 950 g/mol. The normalized spacial score (nSPS) is 12.5. The molecule has 9 heterocycles. The number of hydrogen-bond donors (Lipinski definition) is 0. The van der Waals surface area contributed by atoms with Crippen LogP contribution in [-0.2, 0) is 0 Å². The molecule has 9 aromatic carbocycles. The molecule has 18 rings (SSSR count). The van der Waals surface area contributed by atoms with E-state index in [4.69, 9.17) is 15.0 Å². The molecular weight excluding hydrogens is 913 g/mol. The summed E-state index contributed by atoms with van der Waals surface area (Å²) in [7, 11) is 0. The molecule has 0 atom stereocenters. The Kier molecular flexibility index (Phi) is 7.51. The van der Waals surface area contributed by atoms with Crippen LogP contribution in [0.25, 0.3) is 170 Å². The van der Waals surface area contributed by atoms with Gasteiger partial charge in [0.15, 0.2) is 0 Å². The highest BCUT2D eigenvalue weighted by Crippen LogP contribution is 2.52. The van der Waals surface area contributed by atoms with E-state index in [1.54, 1.807) is 0 Å². The minimum absolute atomic E-state index is 0.938. The molecule has 18 aromatic rings. The Balaban J connectivity index is 1.09. The summed E-state index contributed by atoms with van der Waals surface area (Å²) in [6.07, 6.45) is 4.21. The first kappa shape index (κ1) is 39.4. The summed E-state index contributed by atoms with van der Waals surface area (Å²) < 4.78 is 7.52. The molecule has 0 radical (unpaired) electrons. The predicted molar refractivity (Wildman–Crippen MR) is 311 cm³/mol. The lowest BCUT2D eigenvalue weighted by atomic mass is 9.94. The molecule has 0 unspecified atom stereocenters. The molecule has 0 aliphatic rings. The highest BCUT2D eigenvalue weighted by atomic mass is 15.0. The van der Waals surface area contributed by atoms with Crippen LogP contribution >= 0.6 is 0 Å². The Labute approximate surface area is 427 Å². The van der Waals surface area contributed by atoms with E-state index in [-0.39, 0.29) is 0 Å². The van der Waals surface area contributed by atoms with Gasteiger partial charge in [-0.25, -0.2) is 4.98 Å². The first-order valence-electron chi connectivity index (χ1n) is 25.7. The van der Waals surface area contributed by atoms with Crippen LogP contribution in [0.15, 0.2) is 231 Å². The fourth-order valence-electron chi connectivity index (χ4n) is 13.3. The van der Waals surface area contributed by atoms with Crippen LogP contribution in [0.2, 0.25) is 0 Å². The van der Waals surface area contributed by atoms with Crippen LogP contribution in [0.3, 0.4) is 0 Å². The zero-order chi connectivity index (χ0) is 48.6. The molecule has 0 aliphatic heterocycles. The summed E-state index contributed by atoms with van der Waals surface area (Å²) in [5, 5.41) is 13.1. The molecule has 0 saturated carbocycles. The smallest absolute Gasteiger partial charge is 0.0977 e. The van der Waals surface area contributed by atoms with Crippen molar-refractivity contribution in [2.24, 2.45) is 0 Å². The Morgan fingerprint density at radius 2 is 0.640 bits per heavy atom. The average Bonchev–Trinajstić information content (AvgIpc) is 4.33. The van der Waals surface area contributed by atoms with Crippen molar-refractivity contribution in [2.75, 3.05) is 0 Å². The highest BCUT2D eigenvalue weighted by Gasteiger charge is 2.30. The van der Waals surface area contributed by atoms with E-state index < -0.39 is 0 Å². The van der Waals surface area contributed by atoms with Crippen molar-refractivity contribution in [1.82, 2.24) is 28.2 Å². The van der Waals surface area contributed by atoms with E-state index in [2.05, 4.69) is 244 Å². The Bertz CT molecular complexity index is 5060. The number of fused-ring (bicyclic) bond motifs is 18. The molecule has 6 heteroatoms. The Morgan fingerprint density at radius 1 is 0.240 bits per heavy atom. The van der Waals surface area contributed by atoms with Gasteiger partial charge >= 0.3 is 0 Å². The molecule has 75 heavy (non-hydrogen) atoms. The van der Waals surface area contributed by atoms with Gasteiger partial charge in [0.25, 0.3) is 0 Å². The number of pyridine rings is 3. The van der Waals surface area contributed by atoms with Crippen LogP contribution < -0.4 is 0 Å². The van der Waals surface area contributed by atoms with E-state index in [0.29, 0.717) is 0 Å². The van der Waals surface area contributed by atoms with Crippen LogP contribution in [0, 0.1) is 0 Å². The maximum absolute atomic E-state index is 5.75. The lowest BCUT2D eigenvalue weighted by Crippen LogP contribution is -1.93. The molecule has 6 nitrogen and oxygen atoms in total. The predicted octanol–water partition coefficient (Wildman–Crippen LogP) is 17.7. The van der Waals surface area contributed by atoms with Crippen molar-refractivity contribution >= 4 is 114 Å². The molecule has 344 valence electrons. The fourth-order valence-corrected chi connectivity index (χ4v) is 13.3. The second kappa shape index (κ2) is 14.3. The highest BCUT2D eigenvalue weighted by molar-refractivity contribution is 6.34. The summed E-state index contributed by atoms with van der Waals surface area (Å²) in [6.45, 7) is 0. The summed E-state index contributed by atoms with van der Waals surface area (Å²) >= 11 is 0. The number of nitrogens with zero attached hydrogens (tertiary/aromatic N) is 6. The van der Waals surface area contributed by atoms with Crippen LogP contribution in [0.4, 0.5) is 0 Å². The van der Waals surface area contributed by atoms with Gasteiger partial charge in [-0.15, -0.1) is 0 Å². The topological polar surface area (TPSA) is 51.9 Å². The third-order valence-corrected chi connectivity index (χ3v) is 16.5. The lowest BCUT2D eigenvalue weighted by molar-refractivity contribution is 1.29. The molecule has 0 saturated heterocycles. The SMILES string of the molecule is c1ccc(-c2cc3c4cc(-c5ccccc5)ncc4n4c5c(-c6cc7c8ccccc8n8c9ccccc9c(c6)c78)c6c(cc5c(c2)c34)c2nc(-c3ccccc3)cc3c4cc(-c5ccccc5)ncc4n6c32)cc1. The van der Waals surface area contributed by atoms with Gasteiger partial charge in [-0.05, 0) is 77.4 Å². The van der Waals surface area contributed by atoms with Gasteiger partial charge in [-0.2, -0.15) is 0 Å². The summed E-state index contributed by atoms with van der Waals surface area (Å²) in [4.78, 5) is 16.3. The fraction of sp³-hybridized carbons (Fsp3) is 0. The molecule has 0 N–H and O–H groups in total. The van der Waals surface area contributed by atoms with Crippen molar-refractivity contribution in [3.63, 3.8) is 0 Å². The Morgan fingerprint density at radius 3 is 1.21 bits per heavy atom. The molecule has 0 fully saturated rings. The van der Waals surface area contributed by atoms with E-state index in [1.165, 1.54) is 76.3 Å². The third-order valence-electron chi connectivity index (χ3n) is 16.5. The lowest BCUT2D eigenvalue weighted by Gasteiger charge is -2.12. The molecule has 0 aliphatic carbocycles. The zero-order valence-corrected chi connectivity index (χ0v) is 40.1. The van der Waals surface area contributed by atoms with Gasteiger partial charge in [0.05, 0.1) is 84.6 Å². The molecule has 0 spiro atoms. The van der Waals surface area contributed by atoms with Crippen LogP contribution in [-0.4, -0.2) is 28.2 Å². The van der Waals surface area contributed by atoms with Gasteiger partial charge in [-0.1, -0.05) is 158 Å². The minimum atomic E-state index is 0.938. The first-order chi connectivity index (χ1) is 37.2.